The number of hydrogen-bond acceptors (Lipinski definition) is 3. The highest BCUT2D eigenvalue weighted by atomic mass is 16.5. The van der Waals surface area contributed by atoms with E-state index in [4.69, 9.17) is 4.74 Å². The Labute approximate surface area is 106 Å². The van der Waals surface area contributed by atoms with Gasteiger partial charge in [-0.25, -0.2) is 0 Å². The third kappa shape index (κ3) is 3.94. The van der Waals surface area contributed by atoms with Gasteiger partial charge in [0.2, 0.25) is 0 Å². The van der Waals surface area contributed by atoms with Crippen molar-refractivity contribution in [2.75, 3.05) is 32.8 Å². The zero-order valence-electron chi connectivity index (χ0n) is 11.6. The summed E-state index contributed by atoms with van der Waals surface area (Å²) in [6.45, 7) is 12.2. The van der Waals surface area contributed by atoms with Gasteiger partial charge in [-0.15, -0.1) is 0 Å². The van der Waals surface area contributed by atoms with Crippen molar-refractivity contribution in [2.45, 2.75) is 45.7 Å². The van der Waals surface area contributed by atoms with Crippen LogP contribution in [0, 0.1) is 11.8 Å². The van der Waals surface area contributed by atoms with Gasteiger partial charge < -0.3 is 10.1 Å². The van der Waals surface area contributed by atoms with Crippen LogP contribution < -0.4 is 5.32 Å². The molecule has 0 spiro atoms. The molecule has 1 aliphatic heterocycles. The molecule has 2 aliphatic rings. The Morgan fingerprint density at radius 2 is 1.82 bits per heavy atom. The molecule has 0 amide bonds. The molecule has 17 heavy (non-hydrogen) atoms. The second kappa shape index (κ2) is 6.17. The smallest absolute Gasteiger partial charge is 0.0594 e. The topological polar surface area (TPSA) is 24.5 Å². The first kappa shape index (κ1) is 13.3. The summed E-state index contributed by atoms with van der Waals surface area (Å²) >= 11 is 0. The molecule has 1 aliphatic carbocycles. The molecular weight excluding hydrogens is 212 g/mol. The van der Waals surface area contributed by atoms with Crippen LogP contribution in [0.5, 0.6) is 0 Å². The summed E-state index contributed by atoms with van der Waals surface area (Å²) in [4.78, 5) is 2.51. The quantitative estimate of drug-likeness (QED) is 0.792. The maximum Gasteiger partial charge on any atom is 0.0594 e. The summed E-state index contributed by atoms with van der Waals surface area (Å²) in [6, 6.07) is 1.39. The Morgan fingerprint density at radius 3 is 2.41 bits per heavy atom. The van der Waals surface area contributed by atoms with E-state index in [1.54, 1.807) is 0 Å². The number of rotatable bonds is 5. The summed E-state index contributed by atoms with van der Waals surface area (Å²) < 4.78 is 5.37. The van der Waals surface area contributed by atoms with E-state index in [0.717, 1.165) is 44.2 Å². The zero-order chi connectivity index (χ0) is 12.3. The first-order valence-electron chi connectivity index (χ1n) is 7.21. The molecule has 1 saturated carbocycles. The van der Waals surface area contributed by atoms with E-state index in [9.17, 15) is 0 Å². The predicted molar refractivity (Wildman–Crippen MR) is 71.2 cm³/mol. The van der Waals surface area contributed by atoms with Gasteiger partial charge in [0.25, 0.3) is 0 Å². The minimum Gasteiger partial charge on any atom is -0.379 e. The van der Waals surface area contributed by atoms with Crippen LogP contribution in [-0.4, -0.2) is 49.8 Å². The van der Waals surface area contributed by atoms with Crippen molar-refractivity contribution < 1.29 is 4.74 Å². The first-order valence-corrected chi connectivity index (χ1v) is 7.21. The molecule has 1 saturated heterocycles. The van der Waals surface area contributed by atoms with E-state index >= 15 is 0 Å². The van der Waals surface area contributed by atoms with Gasteiger partial charge in [0, 0.05) is 31.7 Å². The Bertz CT molecular complexity index is 220. The monoisotopic (exact) mass is 240 g/mol. The standard InChI is InChI=1S/C14H28N2O/c1-11(2)13-8-14(9-13)15-12(3)10-16-4-6-17-7-5-16/h11-15H,4-10H2,1-3H3. The summed E-state index contributed by atoms with van der Waals surface area (Å²) in [5, 5.41) is 3.77. The maximum atomic E-state index is 5.37. The highest BCUT2D eigenvalue weighted by molar-refractivity contribution is 4.88. The van der Waals surface area contributed by atoms with Crippen molar-refractivity contribution in [3.63, 3.8) is 0 Å². The summed E-state index contributed by atoms with van der Waals surface area (Å²) in [7, 11) is 0. The molecule has 0 aromatic heterocycles. The minimum absolute atomic E-state index is 0.617. The highest BCUT2D eigenvalue weighted by Crippen LogP contribution is 2.33. The van der Waals surface area contributed by atoms with Crippen LogP contribution in [0.2, 0.25) is 0 Å². The van der Waals surface area contributed by atoms with Gasteiger partial charge in [0.1, 0.15) is 0 Å². The Kier molecular flexibility index (Phi) is 4.83. The Morgan fingerprint density at radius 1 is 1.18 bits per heavy atom. The molecular formula is C14H28N2O. The van der Waals surface area contributed by atoms with Crippen LogP contribution >= 0.6 is 0 Å². The van der Waals surface area contributed by atoms with Gasteiger partial charge in [-0.2, -0.15) is 0 Å². The van der Waals surface area contributed by atoms with E-state index in [2.05, 4.69) is 31.0 Å². The van der Waals surface area contributed by atoms with Crippen LogP contribution in [-0.2, 0) is 4.74 Å². The average molecular weight is 240 g/mol. The number of nitrogens with zero attached hydrogens (tertiary/aromatic N) is 1. The van der Waals surface area contributed by atoms with Crippen LogP contribution in [0.25, 0.3) is 0 Å². The predicted octanol–water partition coefficient (Wildman–Crippen LogP) is 1.73. The van der Waals surface area contributed by atoms with Crippen molar-refractivity contribution in [3.05, 3.63) is 0 Å². The molecule has 3 nitrogen and oxygen atoms in total. The second-order valence-corrected chi connectivity index (χ2v) is 6.15. The SMILES string of the molecule is CC(CN1CCOCC1)NC1CC(C(C)C)C1. The van der Waals surface area contributed by atoms with Crippen LogP contribution in [0.1, 0.15) is 33.6 Å². The first-order chi connectivity index (χ1) is 8.15. The third-order valence-electron chi connectivity index (χ3n) is 4.27. The molecule has 1 atom stereocenters. The zero-order valence-corrected chi connectivity index (χ0v) is 11.6. The van der Waals surface area contributed by atoms with Crippen molar-refractivity contribution in [1.29, 1.82) is 0 Å². The fraction of sp³-hybridized carbons (Fsp3) is 1.00. The molecule has 2 rings (SSSR count). The molecule has 1 N–H and O–H groups in total. The molecule has 0 aromatic carbocycles. The largest absolute Gasteiger partial charge is 0.379 e. The lowest BCUT2D eigenvalue weighted by atomic mass is 9.73. The lowest BCUT2D eigenvalue weighted by molar-refractivity contribution is 0.0320. The molecule has 0 aromatic rings. The van der Waals surface area contributed by atoms with Gasteiger partial charge in [-0.1, -0.05) is 13.8 Å². The Balaban J connectivity index is 1.60. The summed E-state index contributed by atoms with van der Waals surface area (Å²) in [5.41, 5.74) is 0. The van der Waals surface area contributed by atoms with Gasteiger partial charge in [-0.3, -0.25) is 4.90 Å². The molecule has 3 heteroatoms. The second-order valence-electron chi connectivity index (χ2n) is 6.15. The minimum atomic E-state index is 0.617. The van der Waals surface area contributed by atoms with Crippen molar-refractivity contribution in [1.82, 2.24) is 10.2 Å². The van der Waals surface area contributed by atoms with Crippen LogP contribution in [0.15, 0.2) is 0 Å². The fourth-order valence-corrected chi connectivity index (χ4v) is 2.97. The number of hydrogen-bond donors (Lipinski definition) is 1. The summed E-state index contributed by atoms with van der Waals surface area (Å²) in [5.74, 6) is 1.82. The summed E-state index contributed by atoms with van der Waals surface area (Å²) in [6.07, 6.45) is 2.76. The molecule has 2 fully saturated rings. The molecule has 1 unspecified atom stereocenters. The maximum absolute atomic E-state index is 5.37. The normalized spacial score (nSPS) is 32.5. The average Bonchev–Trinajstić information content (AvgIpc) is 2.23. The van der Waals surface area contributed by atoms with Gasteiger partial charge in [-0.05, 0) is 31.6 Å². The number of nitrogens with one attached hydrogen (secondary N) is 1. The van der Waals surface area contributed by atoms with Gasteiger partial charge in [0.05, 0.1) is 13.2 Å². The van der Waals surface area contributed by atoms with Crippen LogP contribution in [0.4, 0.5) is 0 Å². The molecule has 100 valence electrons. The number of morpholine rings is 1. The number of ether oxygens (including phenoxy) is 1. The third-order valence-corrected chi connectivity index (χ3v) is 4.27. The van der Waals surface area contributed by atoms with E-state index in [0.29, 0.717) is 6.04 Å². The Hall–Kier alpha value is -0.120. The molecule has 1 heterocycles. The van der Waals surface area contributed by atoms with E-state index in [-0.39, 0.29) is 0 Å². The highest BCUT2D eigenvalue weighted by Gasteiger charge is 2.31. The molecule has 0 radical (unpaired) electrons. The molecule has 0 bridgehead atoms. The lowest BCUT2D eigenvalue weighted by Crippen LogP contribution is -2.51. The van der Waals surface area contributed by atoms with E-state index in [1.165, 1.54) is 19.4 Å². The lowest BCUT2D eigenvalue weighted by Gasteiger charge is -2.41. The van der Waals surface area contributed by atoms with E-state index < -0.39 is 0 Å². The van der Waals surface area contributed by atoms with Gasteiger partial charge in [0.15, 0.2) is 0 Å². The van der Waals surface area contributed by atoms with Crippen LogP contribution in [0.3, 0.4) is 0 Å². The van der Waals surface area contributed by atoms with E-state index in [1.807, 2.05) is 0 Å². The van der Waals surface area contributed by atoms with Crippen molar-refractivity contribution in [3.8, 4) is 0 Å². The van der Waals surface area contributed by atoms with Gasteiger partial charge >= 0.3 is 0 Å². The fourth-order valence-electron chi connectivity index (χ4n) is 2.97. The van der Waals surface area contributed by atoms with Crippen molar-refractivity contribution >= 4 is 0 Å². The van der Waals surface area contributed by atoms with Crippen molar-refractivity contribution in [2.24, 2.45) is 11.8 Å².